The summed E-state index contributed by atoms with van der Waals surface area (Å²) in [4.78, 5) is 0. The average molecular weight is 255 g/mol. The largest absolute Gasteiger partial charge is 0.457 e. The fourth-order valence-electron chi connectivity index (χ4n) is 2.19. The first-order valence-electron chi connectivity index (χ1n) is 6.56. The van der Waals surface area contributed by atoms with Crippen LogP contribution >= 0.6 is 0 Å². The molecule has 0 bridgehead atoms. The van der Waals surface area contributed by atoms with Crippen LogP contribution in [0.2, 0.25) is 0 Å². The molecule has 0 unspecified atom stereocenters. The van der Waals surface area contributed by atoms with Gasteiger partial charge in [0.25, 0.3) is 0 Å². The molecule has 0 heterocycles. The second kappa shape index (κ2) is 5.45. The Morgan fingerprint density at radius 2 is 1.63 bits per heavy atom. The zero-order valence-electron chi connectivity index (χ0n) is 12.1. The molecule has 0 spiro atoms. The molecule has 2 nitrogen and oxygen atoms in total. The molecule has 2 aromatic carbocycles. The number of aryl methyl sites for hydroxylation is 3. The Morgan fingerprint density at radius 3 is 2.32 bits per heavy atom. The molecule has 0 aliphatic carbocycles. The highest BCUT2D eigenvalue weighted by Crippen LogP contribution is 2.30. The van der Waals surface area contributed by atoms with E-state index in [4.69, 9.17) is 10.5 Å². The topological polar surface area (TPSA) is 35.2 Å². The van der Waals surface area contributed by atoms with E-state index in [1.54, 1.807) is 0 Å². The number of rotatable bonds is 3. The number of ether oxygens (including phenoxy) is 1. The summed E-state index contributed by atoms with van der Waals surface area (Å²) in [5, 5.41) is 0. The van der Waals surface area contributed by atoms with Gasteiger partial charge in [-0.05, 0) is 56.5 Å². The summed E-state index contributed by atoms with van der Waals surface area (Å²) in [6, 6.07) is 10.4. The van der Waals surface area contributed by atoms with E-state index in [0.717, 1.165) is 17.1 Å². The molecule has 0 atom stereocenters. The molecule has 0 radical (unpaired) electrons. The Morgan fingerprint density at radius 1 is 0.895 bits per heavy atom. The third-order valence-electron chi connectivity index (χ3n) is 3.42. The summed E-state index contributed by atoms with van der Waals surface area (Å²) in [6.07, 6.45) is 0. The Bertz CT molecular complexity index is 602. The number of benzene rings is 2. The van der Waals surface area contributed by atoms with Gasteiger partial charge in [-0.2, -0.15) is 0 Å². The molecule has 0 saturated heterocycles. The first kappa shape index (κ1) is 13.6. The van der Waals surface area contributed by atoms with E-state index >= 15 is 0 Å². The molecule has 19 heavy (non-hydrogen) atoms. The lowest BCUT2D eigenvalue weighted by atomic mass is 10.1. The van der Waals surface area contributed by atoms with Crippen LogP contribution in [0.3, 0.4) is 0 Å². The van der Waals surface area contributed by atoms with Crippen molar-refractivity contribution < 1.29 is 4.74 Å². The fraction of sp³-hybridized carbons (Fsp3) is 0.294. The lowest BCUT2D eigenvalue weighted by molar-refractivity contribution is 0.471. The monoisotopic (exact) mass is 255 g/mol. The molecule has 0 saturated carbocycles. The van der Waals surface area contributed by atoms with Gasteiger partial charge in [0.2, 0.25) is 0 Å². The predicted molar refractivity (Wildman–Crippen MR) is 79.8 cm³/mol. The maximum absolute atomic E-state index is 6.07. The quantitative estimate of drug-likeness (QED) is 0.893. The first-order chi connectivity index (χ1) is 9.01. The van der Waals surface area contributed by atoms with Crippen molar-refractivity contribution in [2.45, 2.75) is 34.2 Å². The third-order valence-corrected chi connectivity index (χ3v) is 3.42. The predicted octanol–water partition coefficient (Wildman–Crippen LogP) is 4.17. The fourth-order valence-corrected chi connectivity index (χ4v) is 2.19. The van der Waals surface area contributed by atoms with Gasteiger partial charge >= 0.3 is 0 Å². The van der Waals surface area contributed by atoms with Crippen molar-refractivity contribution in [3.63, 3.8) is 0 Å². The van der Waals surface area contributed by atoms with Crippen LogP contribution in [-0.4, -0.2) is 0 Å². The van der Waals surface area contributed by atoms with Crippen LogP contribution < -0.4 is 10.5 Å². The van der Waals surface area contributed by atoms with E-state index in [-0.39, 0.29) is 0 Å². The Kier molecular flexibility index (Phi) is 3.91. The standard InChI is InChI=1S/C17H21NO/c1-11-5-6-16(15(8-11)10-18)19-17-9-12(2)7-13(3)14(17)4/h5-9H,10,18H2,1-4H3. The highest BCUT2D eigenvalue weighted by Gasteiger charge is 2.08. The summed E-state index contributed by atoms with van der Waals surface area (Å²) in [7, 11) is 0. The van der Waals surface area contributed by atoms with Crippen LogP contribution in [0.5, 0.6) is 11.5 Å². The van der Waals surface area contributed by atoms with Crippen molar-refractivity contribution in [2.24, 2.45) is 5.73 Å². The van der Waals surface area contributed by atoms with Crippen LogP contribution in [0.4, 0.5) is 0 Å². The van der Waals surface area contributed by atoms with Gasteiger partial charge in [0.1, 0.15) is 11.5 Å². The SMILES string of the molecule is Cc1ccc(Oc2cc(C)cc(C)c2C)c(CN)c1. The van der Waals surface area contributed by atoms with E-state index in [1.165, 1.54) is 22.3 Å². The van der Waals surface area contributed by atoms with E-state index in [0.29, 0.717) is 6.54 Å². The lowest BCUT2D eigenvalue weighted by Gasteiger charge is -2.15. The Hall–Kier alpha value is -1.80. The Labute approximate surface area is 115 Å². The zero-order valence-corrected chi connectivity index (χ0v) is 12.1. The van der Waals surface area contributed by atoms with Gasteiger partial charge < -0.3 is 10.5 Å². The highest BCUT2D eigenvalue weighted by molar-refractivity contribution is 5.46. The second-order valence-corrected chi connectivity index (χ2v) is 5.12. The van der Waals surface area contributed by atoms with Crippen molar-refractivity contribution in [1.29, 1.82) is 0 Å². The molecular weight excluding hydrogens is 234 g/mol. The number of nitrogens with two attached hydrogens (primary N) is 1. The van der Waals surface area contributed by atoms with E-state index in [1.807, 2.05) is 12.1 Å². The van der Waals surface area contributed by atoms with E-state index in [2.05, 4.69) is 45.9 Å². The van der Waals surface area contributed by atoms with Crippen molar-refractivity contribution >= 4 is 0 Å². The molecule has 0 amide bonds. The maximum atomic E-state index is 6.07. The molecule has 2 rings (SSSR count). The minimum atomic E-state index is 0.487. The third kappa shape index (κ3) is 2.96. The summed E-state index contributed by atoms with van der Waals surface area (Å²) in [5.74, 6) is 1.76. The van der Waals surface area contributed by atoms with Crippen molar-refractivity contribution in [3.8, 4) is 11.5 Å². The number of hydrogen-bond acceptors (Lipinski definition) is 2. The van der Waals surface area contributed by atoms with E-state index < -0.39 is 0 Å². The second-order valence-electron chi connectivity index (χ2n) is 5.12. The molecule has 0 aliphatic heterocycles. The molecule has 2 aromatic rings. The molecule has 0 fully saturated rings. The molecule has 0 aromatic heterocycles. The highest BCUT2D eigenvalue weighted by atomic mass is 16.5. The first-order valence-corrected chi connectivity index (χ1v) is 6.56. The Balaban J connectivity index is 2.41. The minimum Gasteiger partial charge on any atom is -0.457 e. The molecular formula is C17H21NO. The molecule has 100 valence electrons. The number of hydrogen-bond donors (Lipinski definition) is 1. The van der Waals surface area contributed by atoms with Gasteiger partial charge in [0.05, 0.1) is 0 Å². The smallest absolute Gasteiger partial charge is 0.131 e. The molecule has 0 aliphatic rings. The normalized spacial score (nSPS) is 10.6. The van der Waals surface area contributed by atoms with Gasteiger partial charge in [-0.15, -0.1) is 0 Å². The summed E-state index contributed by atoms with van der Waals surface area (Å²) >= 11 is 0. The van der Waals surface area contributed by atoms with Crippen LogP contribution in [0.15, 0.2) is 30.3 Å². The van der Waals surface area contributed by atoms with Crippen LogP contribution in [0, 0.1) is 27.7 Å². The zero-order chi connectivity index (χ0) is 14.0. The van der Waals surface area contributed by atoms with Crippen LogP contribution in [0.25, 0.3) is 0 Å². The van der Waals surface area contributed by atoms with Gasteiger partial charge in [-0.1, -0.05) is 23.8 Å². The maximum Gasteiger partial charge on any atom is 0.131 e. The average Bonchev–Trinajstić information content (AvgIpc) is 2.37. The summed E-state index contributed by atoms with van der Waals surface area (Å²) < 4.78 is 6.07. The van der Waals surface area contributed by atoms with Crippen molar-refractivity contribution in [1.82, 2.24) is 0 Å². The van der Waals surface area contributed by atoms with Gasteiger partial charge in [0, 0.05) is 12.1 Å². The van der Waals surface area contributed by atoms with Gasteiger partial charge in [-0.25, -0.2) is 0 Å². The van der Waals surface area contributed by atoms with Crippen molar-refractivity contribution in [2.75, 3.05) is 0 Å². The van der Waals surface area contributed by atoms with E-state index in [9.17, 15) is 0 Å². The van der Waals surface area contributed by atoms with Crippen LogP contribution in [-0.2, 0) is 6.54 Å². The molecule has 2 N–H and O–H groups in total. The lowest BCUT2D eigenvalue weighted by Crippen LogP contribution is -2.01. The summed E-state index contributed by atoms with van der Waals surface area (Å²) in [6.45, 7) is 8.82. The van der Waals surface area contributed by atoms with Gasteiger partial charge in [0.15, 0.2) is 0 Å². The van der Waals surface area contributed by atoms with Crippen molar-refractivity contribution in [3.05, 3.63) is 58.1 Å². The van der Waals surface area contributed by atoms with Crippen LogP contribution in [0.1, 0.15) is 27.8 Å². The van der Waals surface area contributed by atoms with Gasteiger partial charge in [-0.3, -0.25) is 0 Å². The summed E-state index contributed by atoms with van der Waals surface area (Å²) in [5.41, 5.74) is 11.7. The molecule has 2 heteroatoms. The minimum absolute atomic E-state index is 0.487.